The zero-order chi connectivity index (χ0) is 19.4. The zero-order valence-corrected chi connectivity index (χ0v) is 15.4. The smallest absolute Gasteiger partial charge is 0.243 e. The number of aliphatic hydroxyl groups excluding tert-OH is 1. The monoisotopic (exact) mass is 396 g/mol. The third-order valence-corrected chi connectivity index (χ3v) is 6.43. The summed E-state index contributed by atoms with van der Waals surface area (Å²) in [6, 6.07) is 7.87. The molecule has 0 aliphatic carbocycles. The van der Waals surface area contributed by atoms with Crippen LogP contribution in [0, 0.1) is 11.7 Å². The summed E-state index contributed by atoms with van der Waals surface area (Å²) >= 11 is 0. The number of piperidine rings is 1. The second-order valence-electron chi connectivity index (χ2n) is 6.43. The van der Waals surface area contributed by atoms with Crippen LogP contribution in [0.15, 0.2) is 52.0 Å². The Morgan fingerprint density at radius 2 is 2.07 bits per heavy atom. The van der Waals surface area contributed by atoms with Gasteiger partial charge in [-0.15, -0.1) is 0 Å². The van der Waals surface area contributed by atoms with E-state index < -0.39 is 27.9 Å². The Bertz CT molecular complexity index is 868. The lowest BCUT2D eigenvalue weighted by molar-refractivity contribution is -0.126. The fourth-order valence-electron chi connectivity index (χ4n) is 3.05. The second-order valence-corrected chi connectivity index (χ2v) is 8.37. The van der Waals surface area contributed by atoms with E-state index in [0.29, 0.717) is 25.1 Å². The molecule has 1 aromatic carbocycles. The molecule has 1 saturated heterocycles. The number of hydrogen-bond acceptors (Lipinski definition) is 5. The van der Waals surface area contributed by atoms with Crippen LogP contribution in [0.5, 0.6) is 0 Å². The molecule has 9 heteroatoms. The van der Waals surface area contributed by atoms with Crippen molar-refractivity contribution in [2.45, 2.75) is 23.8 Å². The lowest BCUT2D eigenvalue weighted by Gasteiger charge is -2.31. The fourth-order valence-corrected chi connectivity index (χ4v) is 4.58. The van der Waals surface area contributed by atoms with Gasteiger partial charge in [-0.3, -0.25) is 4.79 Å². The molecular formula is C18H21FN2O5S. The first-order chi connectivity index (χ1) is 12.9. The number of hydrogen-bond donors (Lipinski definition) is 2. The summed E-state index contributed by atoms with van der Waals surface area (Å²) in [6.45, 7) is 0.328. The van der Waals surface area contributed by atoms with E-state index in [2.05, 4.69) is 5.32 Å². The molecule has 7 nitrogen and oxygen atoms in total. The quantitative estimate of drug-likeness (QED) is 0.774. The molecular weight excluding hydrogens is 375 g/mol. The molecule has 2 aromatic rings. The Morgan fingerprint density at radius 3 is 2.74 bits per heavy atom. The maximum Gasteiger partial charge on any atom is 0.243 e. The minimum Gasteiger partial charge on any atom is -0.467 e. The largest absolute Gasteiger partial charge is 0.467 e. The van der Waals surface area contributed by atoms with Gasteiger partial charge < -0.3 is 14.8 Å². The van der Waals surface area contributed by atoms with E-state index >= 15 is 0 Å². The fraction of sp³-hybridized carbons (Fsp3) is 0.389. The summed E-state index contributed by atoms with van der Waals surface area (Å²) in [5.74, 6) is -1.00. The molecule has 0 spiro atoms. The van der Waals surface area contributed by atoms with Crippen LogP contribution in [0.2, 0.25) is 0 Å². The molecule has 2 atom stereocenters. The highest BCUT2D eigenvalue weighted by Crippen LogP contribution is 2.24. The lowest BCUT2D eigenvalue weighted by atomic mass is 9.99. The van der Waals surface area contributed by atoms with Crippen molar-refractivity contribution in [3.63, 3.8) is 0 Å². The standard InChI is InChI=1S/C18H21FN2O5S/c19-14-5-7-15(8-6-14)27(24,25)21-9-1-3-13(12-21)18(23)20-11-16(22)17-4-2-10-26-17/h2,4-8,10,13,16,22H,1,3,9,11-12H2,(H,20,23). The lowest BCUT2D eigenvalue weighted by Crippen LogP contribution is -2.46. The normalized spacial score (nSPS) is 19.6. The van der Waals surface area contributed by atoms with E-state index in [1.165, 1.54) is 22.7 Å². The van der Waals surface area contributed by atoms with Crippen molar-refractivity contribution >= 4 is 15.9 Å². The molecule has 1 aliphatic rings. The first kappa shape index (κ1) is 19.5. The van der Waals surface area contributed by atoms with Crippen molar-refractivity contribution in [3.05, 3.63) is 54.2 Å². The summed E-state index contributed by atoms with van der Waals surface area (Å²) in [5.41, 5.74) is 0. The minimum atomic E-state index is -3.79. The van der Waals surface area contributed by atoms with Gasteiger partial charge in [0.15, 0.2) is 0 Å². The molecule has 2 N–H and O–H groups in total. The van der Waals surface area contributed by atoms with Gasteiger partial charge in [-0.05, 0) is 49.2 Å². The van der Waals surface area contributed by atoms with Crippen molar-refractivity contribution < 1.29 is 27.1 Å². The van der Waals surface area contributed by atoms with Gasteiger partial charge in [-0.2, -0.15) is 4.31 Å². The summed E-state index contributed by atoms with van der Waals surface area (Å²) in [4.78, 5) is 12.4. The number of rotatable bonds is 6. The molecule has 1 aromatic heterocycles. The van der Waals surface area contributed by atoms with E-state index in [9.17, 15) is 22.7 Å². The van der Waals surface area contributed by atoms with Gasteiger partial charge in [0.05, 0.1) is 23.6 Å². The number of sulfonamides is 1. The van der Waals surface area contributed by atoms with Crippen molar-refractivity contribution in [2.24, 2.45) is 5.92 Å². The van der Waals surface area contributed by atoms with Gasteiger partial charge in [0.2, 0.25) is 15.9 Å². The molecule has 0 bridgehead atoms. The Hall–Kier alpha value is -2.23. The van der Waals surface area contributed by atoms with Gasteiger partial charge in [-0.25, -0.2) is 12.8 Å². The number of amides is 1. The van der Waals surface area contributed by atoms with Crippen LogP contribution in [0.4, 0.5) is 4.39 Å². The Kier molecular flexibility index (Phi) is 5.93. The van der Waals surface area contributed by atoms with E-state index in [1.54, 1.807) is 12.1 Å². The topological polar surface area (TPSA) is 99.8 Å². The highest BCUT2D eigenvalue weighted by atomic mass is 32.2. The number of carbonyl (C=O) groups is 1. The Morgan fingerprint density at radius 1 is 1.33 bits per heavy atom. The van der Waals surface area contributed by atoms with Crippen LogP contribution in [0.1, 0.15) is 24.7 Å². The third-order valence-electron chi connectivity index (χ3n) is 4.55. The third kappa shape index (κ3) is 4.55. The van der Waals surface area contributed by atoms with Gasteiger partial charge in [0.25, 0.3) is 0 Å². The minimum absolute atomic E-state index is 0.00167. The molecule has 2 unspecified atom stereocenters. The van der Waals surface area contributed by atoms with Gasteiger partial charge >= 0.3 is 0 Å². The molecule has 3 rings (SSSR count). The molecule has 0 radical (unpaired) electrons. The number of nitrogens with zero attached hydrogens (tertiary/aromatic N) is 1. The van der Waals surface area contributed by atoms with Crippen molar-refractivity contribution in [2.75, 3.05) is 19.6 Å². The summed E-state index contributed by atoms with van der Waals surface area (Å²) < 4.78 is 44.8. The van der Waals surface area contributed by atoms with Crippen LogP contribution in [-0.4, -0.2) is 43.4 Å². The van der Waals surface area contributed by atoms with Crippen LogP contribution in [-0.2, 0) is 14.8 Å². The Labute approximate surface area is 156 Å². The first-order valence-corrected chi connectivity index (χ1v) is 10.1. The molecule has 2 heterocycles. The Balaban J connectivity index is 1.61. The average Bonchev–Trinajstić information content (AvgIpc) is 3.21. The SMILES string of the molecule is O=C(NCC(O)c1ccco1)C1CCCN(S(=O)(=O)c2ccc(F)cc2)C1. The van der Waals surface area contributed by atoms with E-state index in [0.717, 1.165) is 12.1 Å². The predicted octanol–water partition coefficient (Wildman–Crippen LogP) is 1.67. The predicted molar refractivity (Wildman–Crippen MR) is 94.6 cm³/mol. The maximum absolute atomic E-state index is 13.0. The maximum atomic E-state index is 13.0. The van der Waals surface area contributed by atoms with E-state index in [1.807, 2.05) is 0 Å². The zero-order valence-electron chi connectivity index (χ0n) is 14.5. The highest BCUT2D eigenvalue weighted by molar-refractivity contribution is 7.89. The molecule has 146 valence electrons. The van der Waals surface area contributed by atoms with Crippen molar-refractivity contribution in [1.29, 1.82) is 0 Å². The molecule has 1 aliphatic heterocycles. The second kappa shape index (κ2) is 8.20. The number of aliphatic hydroxyl groups is 1. The van der Waals surface area contributed by atoms with E-state index in [-0.39, 0.29) is 23.9 Å². The summed E-state index contributed by atoms with van der Waals surface area (Å²) in [5, 5.41) is 12.6. The van der Waals surface area contributed by atoms with E-state index in [4.69, 9.17) is 4.42 Å². The van der Waals surface area contributed by atoms with Crippen molar-refractivity contribution in [1.82, 2.24) is 9.62 Å². The van der Waals surface area contributed by atoms with Crippen LogP contribution in [0.3, 0.4) is 0 Å². The van der Waals surface area contributed by atoms with Crippen LogP contribution < -0.4 is 5.32 Å². The number of benzene rings is 1. The summed E-state index contributed by atoms with van der Waals surface area (Å²) in [7, 11) is -3.79. The molecule has 27 heavy (non-hydrogen) atoms. The van der Waals surface area contributed by atoms with Crippen LogP contribution >= 0.6 is 0 Å². The highest BCUT2D eigenvalue weighted by Gasteiger charge is 2.33. The number of furan rings is 1. The average molecular weight is 396 g/mol. The molecule has 1 amide bonds. The number of nitrogens with one attached hydrogen (secondary N) is 1. The molecule has 0 saturated carbocycles. The number of halogens is 1. The first-order valence-electron chi connectivity index (χ1n) is 8.63. The van der Waals surface area contributed by atoms with Gasteiger partial charge in [-0.1, -0.05) is 0 Å². The van der Waals surface area contributed by atoms with Crippen molar-refractivity contribution in [3.8, 4) is 0 Å². The summed E-state index contributed by atoms with van der Waals surface area (Å²) in [6.07, 6.45) is 1.56. The molecule has 1 fully saturated rings. The number of carbonyl (C=O) groups excluding carboxylic acids is 1. The van der Waals surface area contributed by atoms with Gasteiger partial charge in [0.1, 0.15) is 17.7 Å². The van der Waals surface area contributed by atoms with Gasteiger partial charge in [0, 0.05) is 13.1 Å². The van der Waals surface area contributed by atoms with Crippen LogP contribution in [0.25, 0.3) is 0 Å².